The second kappa shape index (κ2) is 7.82. The Labute approximate surface area is 131 Å². The fraction of sp³-hybridized carbons (Fsp3) is 0.562. The Morgan fingerprint density at radius 2 is 2.19 bits per heavy atom. The van der Waals surface area contributed by atoms with Gasteiger partial charge >= 0.3 is 0 Å². The molecule has 1 amide bonds. The van der Waals surface area contributed by atoms with Crippen LogP contribution in [-0.2, 0) is 11.3 Å². The molecule has 21 heavy (non-hydrogen) atoms. The van der Waals surface area contributed by atoms with Gasteiger partial charge in [-0.25, -0.2) is 5.84 Å². The largest absolute Gasteiger partial charge is 0.297 e. The van der Waals surface area contributed by atoms with Gasteiger partial charge in [0.15, 0.2) is 0 Å². The normalized spacial score (nSPS) is 21.0. The van der Waals surface area contributed by atoms with E-state index in [1.54, 1.807) is 0 Å². The van der Waals surface area contributed by atoms with Crippen LogP contribution in [0.4, 0.5) is 0 Å². The highest BCUT2D eigenvalue weighted by atomic mass is 32.2. The van der Waals surface area contributed by atoms with Crippen LogP contribution in [0.2, 0.25) is 0 Å². The summed E-state index contributed by atoms with van der Waals surface area (Å²) in [7, 11) is 0. The average molecular weight is 307 g/mol. The lowest BCUT2D eigenvalue weighted by Gasteiger charge is -2.31. The summed E-state index contributed by atoms with van der Waals surface area (Å²) in [5.74, 6) is 6.05. The van der Waals surface area contributed by atoms with Gasteiger partial charge in [-0.05, 0) is 24.5 Å². The third-order valence-electron chi connectivity index (χ3n) is 4.10. The molecule has 116 valence electrons. The maximum absolute atomic E-state index is 11.5. The second-order valence-electron chi connectivity index (χ2n) is 5.61. The van der Waals surface area contributed by atoms with E-state index in [1.165, 1.54) is 24.3 Å². The Balaban J connectivity index is 1.94. The number of nitrogens with two attached hydrogens (primary N) is 1. The predicted molar refractivity (Wildman–Crippen MR) is 89.0 cm³/mol. The minimum absolute atomic E-state index is 0.151. The molecule has 2 unspecified atom stereocenters. The molecule has 2 rings (SSSR count). The van der Waals surface area contributed by atoms with Gasteiger partial charge in [-0.3, -0.25) is 15.1 Å². The molecule has 1 aliphatic rings. The number of nitrogens with zero attached hydrogens (tertiary/aromatic N) is 1. The molecular weight excluding hydrogens is 282 g/mol. The molecule has 1 aliphatic heterocycles. The molecule has 1 fully saturated rings. The lowest BCUT2D eigenvalue weighted by Crippen LogP contribution is -2.37. The molecule has 0 radical (unpaired) electrons. The number of rotatable bonds is 5. The molecular formula is C16H25N3OS. The number of hydrogen-bond donors (Lipinski definition) is 2. The first-order valence-corrected chi connectivity index (χ1v) is 8.62. The van der Waals surface area contributed by atoms with E-state index in [4.69, 9.17) is 5.84 Å². The van der Waals surface area contributed by atoms with Crippen molar-refractivity contribution in [1.82, 2.24) is 10.3 Å². The van der Waals surface area contributed by atoms with Crippen LogP contribution in [0.3, 0.4) is 0 Å². The van der Waals surface area contributed by atoms with Gasteiger partial charge in [0.25, 0.3) is 0 Å². The van der Waals surface area contributed by atoms with Crippen molar-refractivity contribution in [1.29, 1.82) is 0 Å². The van der Waals surface area contributed by atoms with E-state index in [0.29, 0.717) is 0 Å². The first-order valence-electron chi connectivity index (χ1n) is 7.57. The second-order valence-corrected chi connectivity index (χ2v) is 7.02. The highest BCUT2D eigenvalue weighted by Crippen LogP contribution is 2.23. The molecule has 1 aromatic rings. The molecule has 5 heteroatoms. The molecule has 1 saturated heterocycles. The topological polar surface area (TPSA) is 58.4 Å². The van der Waals surface area contributed by atoms with Gasteiger partial charge in [0.05, 0.1) is 5.92 Å². The highest BCUT2D eigenvalue weighted by molar-refractivity contribution is 8.00. The first-order chi connectivity index (χ1) is 10.1. The van der Waals surface area contributed by atoms with Crippen LogP contribution >= 0.6 is 11.8 Å². The van der Waals surface area contributed by atoms with Crippen LogP contribution in [0.25, 0.3) is 0 Å². The minimum Gasteiger partial charge on any atom is -0.297 e. The predicted octanol–water partition coefficient (Wildman–Crippen LogP) is 2.11. The summed E-state index contributed by atoms with van der Waals surface area (Å²) in [6.07, 6.45) is 1.24. The molecule has 1 aromatic carbocycles. The van der Waals surface area contributed by atoms with E-state index in [2.05, 4.69) is 41.1 Å². The first kappa shape index (κ1) is 16.3. The summed E-state index contributed by atoms with van der Waals surface area (Å²) >= 11 is 2.09. The van der Waals surface area contributed by atoms with Crippen LogP contribution < -0.4 is 11.3 Å². The molecule has 1 heterocycles. The fourth-order valence-electron chi connectivity index (χ4n) is 2.62. The Morgan fingerprint density at radius 3 is 2.81 bits per heavy atom. The van der Waals surface area contributed by atoms with Gasteiger partial charge in [-0.15, -0.1) is 0 Å². The summed E-state index contributed by atoms with van der Waals surface area (Å²) in [6.45, 7) is 7.46. The summed E-state index contributed by atoms with van der Waals surface area (Å²) in [5.41, 5.74) is 4.51. The van der Waals surface area contributed by atoms with Gasteiger partial charge in [-0.1, -0.05) is 31.2 Å². The Morgan fingerprint density at radius 1 is 1.48 bits per heavy atom. The lowest BCUT2D eigenvalue weighted by molar-refractivity contribution is -0.122. The molecule has 0 saturated carbocycles. The number of benzene rings is 1. The number of hydrogen-bond acceptors (Lipinski definition) is 4. The van der Waals surface area contributed by atoms with Crippen molar-refractivity contribution in [3.05, 3.63) is 35.4 Å². The standard InChI is InChI=1S/C16H25N3OS/c1-3-15-11-19(8-9-21-15)10-13-4-6-14(7-5-13)12(2)16(20)18-17/h4-7,12,15H,3,8-11,17H2,1-2H3,(H,18,20). The van der Waals surface area contributed by atoms with E-state index in [0.717, 1.165) is 23.9 Å². The smallest absolute Gasteiger partial charge is 0.241 e. The number of nitrogens with one attached hydrogen (secondary N) is 1. The van der Waals surface area contributed by atoms with Crippen molar-refractivity contribution in [2.75, 3.05) is 18.8 Å². The van der Waals surface area contributed by atoms with Crippen LogP contribution in [0, 0.1) is 0 Å². The van der Waals surface area contributed by atoms with E-state index < -0.39 is 0 Å². The van der Waals surface area contributed by atoms with E-state index in [1.807, 2.05) is 19.1 Å². The van der Waals surface area contributed by atoms with Crippen LogP contribution in [-0.4, -0.2) is 34.9 Å². The molecule has 4 nitrogen and oxygen atoms in total. The van der Waals surface area contributed by atoms with Crippen LogP contribution in [0.15, 0.2) is 24.3 Å². The number of amides is 1. The summed E-state index contributed by atoms with van der Waals surface area (Å²) < 4.78 is 0. The third-order valence-corrected chi connectivity index (χ3v) is 5.47. The van der Waals surface area contributed by atoms with Gasteiger partial charge < -0.3 is 0 Å². The quantitative estimate of drug-likeness (QED) is 0.497. The SMILES string of the molecule is CCC1CN(Cc2ccc(C(C)C(=O)NN)cc2)CCS1. The zero-order chi connectivity index (χ0) is 15.2. The Kier molecular flexibility index (Phi) is 6.08. The van der Waals surface area contributed by atoms with E-state index in [-0.39, 0.29) is 11.8 Å². The van der Waals surface area contributed by atoms with Gasteiger partial charge in [0.1, 0.15) is 0 Å². The van der Waals surface area contributed by atoms with Crippen molar-refractivity contribution >= 4 is 17.7 Å². The minimum atomic E-state index is -0.208. The highest BCUT2D eigenvalue weighted by Gasteiger charge is 2.19. The molecule has 0 bridgehead atoms. The zero-order valence-electron chi connectivity index (χ0n) is 12.8. The maximum atomic E-state index is 11.5. The zero-order valence-corrected chi connectivity index (χ0v) is 13.7. The average Bonchev–Trinajstić information content (AvgIpc) is 2.54. The van der Waals surface area contributed by atoms with Gasteiger partial charge in [0, 0.05) is 30.6 Å². The molecule has 0 aromatic heterocycles. The summed E-state index contributed by atoms with van der Waals surface area (Å²) in [4.78, 5) is 14.1. The Hall–Kier alpha value is -1.04. The van der Waals surface area contributed by atoms with Crippen LogP contribution in [0.1, 0.15) is 37.3 Å². The molecule has 0 aliphatic carbocycles. The lowest BCUT2D eigenvalue weighted by atomic mass is 9.99. The van der Waals surface area contributed by atoms with Crippen molar-refractivity contribution in [2.24, 2.45) is 5.84 Å². The number of carbonyl (C=O) groups excluding carboxylic acids is 1. The Bertz CT molecular complexity index is 463. The molecule has 3 N–H and O–H groups in total. The van der Waals surface area contributed by atoms with Crippen LogP contribution in [0.5, 0.6) is 0 Å². The monoisotopic (exact) mass is 307 g/mol. The summed E-state index contributed by atoms with van der Waals surface area (Å²) in [5, 5.41) is 0.770. The van der Waals surface area contributed by atoms with E-state index >= 15 is 0 Å². The number of hydrazine groups is 1. The molecule has 0 spiro atoms. The third kappa shape index (κ3) is 4.46. The molecule has 2 atom stereocenters. The van der Waals surface area contributed by atoms with Crippen molar-refractivity contribution in [2.45, 2.75) is 38.0 Å². The van der Waals surface area contributed by atoms with Gasteiger partial charge in [-0.2, -0.15) is 11.8 Å². The maximum Gasteiger partial charge on any atom is 0.241 e. The van der Waals surface area contributed by atoms with Crippen molar-refractivity contribution < 1.29 is 4.79 Å². The van der Waals surface area contributed by atoms with Crippen molar-refractivity contribution in [3.63, 3.8) is 0 Å². The summed E-state index contributed by atoms with van der Waals surface area (Å²) in [6, 6.07) is 8.31. The van der Waals surface area contributed by atoms with Gasteiger partial charge in [0.2, 0.25) is 5.91 Å². The fourth-order valence-corrected chi connectivity index (χ4v) is 3.87. The number of carbonyl (C=O) groups is 1. The van der Waals surface area contributed by atoms with Crippen molar-refractivity contribution in [3.8, 4) is 0 Å². The van der Waals surface area contributed by atoms with E-state index in [9.17, 15) is 4.79 Å². The number of thioether (sulfide) groups is 1.